The Kier molecular flexibility index (Phi) is 8.55. The van der Waals surface area contributed by atoms with E-state index in [4.69, 9.17) is 27.9 Å². The first-order valence-corrected chi connectivity index (χ1v) is 13.0. The quantitative estimate of drug-likeness (QED) is 0.324. The van der Waals surface area contributed by atoms with Gasteiger partial charge in [-0.25, -0.2) is 4.79 Å². The number of benzene rings is 3. The van der Waals surface area contributed by atoms with Crippen molar-refractivity contribution in [2.24, 2.45) is 0 Å². The third kappa shape index (κ3) is 6.09. The van der Waals surface area contributed by atoms with E-state index >= 15 is 0 Å². The average molecular weight is 551 g/mol. The van der Waals surface area contributed by atoms with Gasteiger partial charge in [0, 0.05) is 29.3 Å². The number of allylic oxidation sites excluding steroid dienone is 1. The average Bonchev–Trinajstić information content (AvgIpc) is 2.89. The highest BCUT2D eigenvalue weighted by atomic mass is 35.5. The van der Waals surface area contributed by atoms with Crippen molar-refractivity contribution >= 4 is 46.7 Å². The van der Waals surface area contributed by atoms with E-state index in [0.717, 1.165) is 16.7 Å². The normalized spacial score (nSPS) is 15.4. The minimum atomic E-state index is -0.500. The van der Waals surface area contributed by atoms with Crippen LogP contribution in [0.15, 0.2) is 78.0 Å². The molecule has 2 amide bonds. The van der Waals surface area contributed by atoms with Gasteiger partial charge in [0.05, 0.1) is 28.8 Å². The van der Waals surface area contributed by atoms with Crippen LogP contribution < -0.4 is 5.32 Å². The number of halogens is 2. The van der Waals surface area contributed by atoms with Crippen LogP contribution in [0.1, 0.15) is 53.2 Å². The topological polar surface area (TPSA) is 75.7 Å². The lowest BCUT2D eigenvalue weighted by Gasteiger charge is -2.34. The van der Waals surface area contributed by atoms with Gasteiger partial charge >= 0.3 is 5.97 Å². The Balaban J connectivity index is 1.57. The molecule has 0 bridgehead atoms. The second-order valence-corrected chi connectivity index (χ2v) is 9.96. The van der Waals surface area contributed by atoms with E-state index in [9.17, 15) is 14.4 Å². The zero-order valence-electron chi connectivity index (χ0n) is 21.4. The molecule has 1 aliphatic heterocycles. The number of amides is 2. The van der Waals surface area contributed by atoms with Gasteiger partial charge in [0.1, 0.15) is 0 Å². The molecule has 1 heterocycles. The lowest BCUT2D eigenvalue weighted by atomic mass is 9.83. The van der Waals surface area contributed by atoms with Gasteiger partial charge in [0.2, 0.25) is 5.91 Å². The van der Waals surface area contributed by atoms with Gasteiger partial charge in [-0.2, -0.15) is 0 Å². The molecule has 3 aromatic rings. The van der Waals surface area contributed by atoms with Crippen LogP contribution in [0, 0.1) is 6.92 Å². The summed E-state index contributed by atoms with van der Waals surface area (Å²) in [6, 6.07) is 19.7. The van der Waals surface area contributed by atoms with Gasteiger partial charge < -0.3 is 15.0 Å². The lowest BCUT2D eigenvalue weighted by Crippen LogP contribution is -2.38. The number of anilines is 1. The Hall–Kier alpha value is -3.61. The largest absolute Gasteiger partial charge is 0.463 e. The first-order valence-electron chi connectivity index (χ1n) is 12.3. The van der Waals surface area contributed by atoms with E-state index < -0.39 is 11.9 Å². The summed E-state index contributed by atoms with van der Waals surface area (Å²) in [6.07, 6.45) is 0.0838. The van der Waals surface area contributed by atoms with Crippen molar-refractivity contribution in [2.45, 2.75) is 39.7 Å². The molecule has 196 valence electrons. The molecule has 1 N–H and O–H groups in total. The van der Waals surface area contributed by atoms with Crippen LogP contribution >= 0.6 is 23.2 Å². The van der Waals surface area contributed by atoms with Crippen LogP contribution in [0.5, 0.6) is 0 Å². The first kappa shape index (κ1) is 27.4. The third-order valence-electron chi connectivity index (χ3n) is 6.53. The Morgan fingerprint density at radius 2 is 1.66 bits per heavy atom. The summed E-state index contributed by atoms with van der Waals surface area (Å²) >= 11 is 12.3. The molecule has 1 unspecified atom stereocenters. The van der Waals surface area contributed by atoms with Crippen LogP contribution in [0.2, 0.25) is 10.0 Å². The molecule has 0 radical (unpaired) electrons. The van der Waals surface area contributed by atoms with Crippen LogP contribution in [0.3, 0.4) is 0 Å². The van der Waals surface area contributed by atoms with Crippen LogP contribution in [0.4, 0.5) is 5.69 Å². The van der Waals surface area contributed by atoms with Crippen molar-refractivity contribution in [1.82, 2.24) is 4.90 Å². The van der Waals surface area contributed by atoms with Gasteiger partial charge in [0.25, 0.3) is 5.91 Å². The highest BCUT2D eigenvalue weighted by Gasteiger charge is 2.37. The fourth-order valence-electron chi connectivity index (χ4n) is 4.47. The smallest absolute Gasteiger partial charge is 0.336 e. The Morgan fingerprint density at radius 3 is 2.29 bits per heavy atom. The number of nitrogens with zero attached hydrogens (tertiary/aromatic N) is 1. The number of carbonyl (C=O) groups is 3. The predicted molar refractivity (Wildman–Crippen MR) is 149 cm³/mol. The molecule has 0 spiro atoms. The Bertz CT molecular complexity index is 1400. The molecule has 8 heteroatoms. The van der Waals surface area contributed by atoms with E-state index in [1.807, 2.05) is 31.2 Å². The summed E-state index contributed by atoms with van der Waals surface area (Å²) in [6.45, 7) is 5.93. The lowest BCUT2D eigenvalue weighted by molar-refractivity contribution is -0.140. The maximum Gasteiger partial charge on any atom is 0.336 e. The van der Waals surface area contributed by atoms with E-state index in [2.05, 4.69) is 5.32 Å². The molecular formula is C30H28Cl2N2O4. The van der Waals surface area contributed by atoms with Gasteiger partial charge in [-0.1, -0.05) is 59.1 Å². The van der Waals surface area contributed by atoms with Gasteiger partial charge in [0.15, 0.2) is 0 Å². The Labute approximate surface area is 232 Å². The molecule has 1 aliphatic rings. The number of hydrogen-bond acceptors (Lipinski definition) is 4. The molecule has 4 rings (SSSR count). The van der Waals surface area contributed by atoms with Crippen molar-refractivity contribution in [3.8, 4) is 0 Å². The van der Waals surface area contributed by atoms with Gasteiger partial charge in [-0.3, -0.25) is 9.59 Å². The highest BCUT2D eigenvalue weighted by molar-refractivity contribution is 6.42. The highest BCUT2D eigenvalue weighted by Crippen LogP contribution is 2.39. The minimum Gasteiger partial charge on any atom is -0.463 e. The minimum absolute atomic E-state index is 0.0838. The first-order chi connectivity index (χ1) is 18.2. The zero-order chi connectivity index (χ0) is 27.4. The molecule has 0 fully saturated rings. The van der Waals surface area contributed by atoms with Crippen LogP contribution in [-0.4, -0.2) is 29.3 Å². The SMILES string of the molecule is CCOC(=O)C1=C(C)N(Cc2ccc(C(=O)Nc3ccc(C)cc3)cc2)C(=O)CC1c1ccc(Cl)c(Cl)c1. The zero-order valence-corrected chi connectivity index (χ0v) is 22.9. The molecule has 0 aromatic heterocycles. The summed E-state index contributed by atoms with van der Waals surface area (Å²) in [5, 5.41) is 3.63. The molecule has 1 atom stereocenters. The van der Waals surface area contributed by atoms with Gasteiger partial charge in [-0.15, -0.1) is 0 Å². The summed E-state index contributed by atoms with van der Waals surface area (Å²) < 4.78 is 5.35. The van der Waals surface area contributed by atoms with Gasteiger partial charge in [-0.05, 0) is 68.3 Å². The molecule has 3 aromatic carbocycles. The maximum atomic E-state index is 13.3. The third-order valence-corrected chi connectivity index (χ3v) is 7.27. The van der Waals surface area contributed by atoms with E-state index in [1.54, 1.807) is 61.2 Å². The molecule has 0 saturated carbocycles. The van der Waals surface area contributed by atoms with Crippen molar-refractivity contribution in [2.75, 3.05) is 11.9 Å². The number of aryl methyl sites for hydroxylation is 1. The number of nitrogens with one attached hydrogen (secondary N) is 1. The number of ether oxygens (including phenoxy) is 1. The van der Waals surface area contributed by atoms with Crippen molar-refractivity contribution < 1.29 is 19.1 Å². The molecule has 6 nitrogen and oxygen atoms in total. The van der Waals surface area contributed by atoms with Crippen molar-refractivity contribution in [3.05, 3.63) is 110 Å². The second kappa shape index (κ2) is 11.8. The summed E-state index contributed by atoms with van der Waals surface area (Å²) in [4.78, 5) is 40.5. The predicted octanol–water partition coefficient (Wildman–Crippen LogP) is 6.91. The molecular weight excluding hydrogens is 523 g/mol. The fourth-order valence-corrected chi connectivity index (χ4v) is 4.78. The monoisotopic (exact) mass is 550 g/mol. The van der Waals surface area contributed by atoms with E-state index in [0.29, 0.717) is 32.6 Å². The van der Waals surface area contributed by atoms with Crippen LogP contribution in [-0.2, 0) is 20.9 Å². The number of hydrogen-bond donors (Lipinski definition) is 1. The number of esters is 1. The number of rotatable bonds is 7. The standard InChI is InChI=1S/C30H28Cl2N2O4/c1-4-38-30(37)28-19(3)34(27(35)16-24(28)22-11-14-25(31)26(32)15-22)17-20-7-9-21(10-8-20)29(36)33-23-12-5-18(2)6-13-23/h5-15,24H,4,16-17H2,1-3H3,(H,33,36). The fraction of sp³-hybridized carbons (Fsp3) is 0.233. The van der Waals surface area contributed by atoms with E-state index in [1.165, 1.54) is 0 Å². The Morgan fingerprint density at radius 1 is 0.974 bits per heavy atom. The summed E-state index contributed by atoms with van der Waals surface area (Å²) in [7, 11) is 0. The molecule has 38 heavy (non-hydrogen) atoms. The van der Waals surface area contributed by atoms with Crippen molar-refractivity contribution in [3.63, 3.8) is 0 Å². The molecule has 0 aliphatic carbocycles. The second-order valence-electron chi connectivity index (χ2n) is 9.15. The summed E-state index contributed by atoms with van der Waals surface area (Å²) in [5.41, 5.74) is 4.81. The maximum absolute atomic E-state index is 13.3. The van der Waals surface area contributed by atoms with Crippen molar-refractivity contribution in [1.29, 1.82) is 0 Å². The summed E-state index contributed by atoms with van der Waals surface area (Å²) in [5.74, 6) is -1.32. The number of carbonyl (C=O) groups excluding carboxylic acids is 3. The van der Waals surface area contributed by atoms with E-state index in [-0.39, 0.29) is 31.4 Å². The molecule has 0 saturated heterocycles. The van der Waals surface area contributed by atoms with Crippen LogP contribution in [0.25, 0.3) is 0 Å².